The molecule has 0 heterocycles. The molecule has 0 aliphatic heterocycles. The summed E-state index contributed by atoms with van der Waals surface area (Å²) in [6.45, 7) is 1.75. The van der Waals surface area contributed by atoms with Crippen molar-refractivity contribution < 1.29 is 9.90 Å². The van der Waals surface area contributed by atoms with Gasteiger partial charge in [-0.15, -0.1) is 0 Å². The maximum Gasteiger partial charge on any atom is 0.310 e. The van der Waals surface area contributed by atoms with Gasteiger partial charge in [-0.2, -0.15) is 0 Å². The SMILES string of the molecule is CC(C(=O)O)c1c2c(cc3c1=CC=C3)=CC=C2. The van der Waals surface area contributed by atoms with E-state index in [4.69, 9.17) is 0 Å². The van der Waals surface area contributed by atoms with Crippen molar-refractivity contribution in [3.05, 3.63) is 45.3 Å². The van der Waals surface area contributed by atoms with E-state index in [1.165, 1.54) is 0 Å². The third-order valence-corrected chi connectivity index (χ3v) is 3.39. The highest BCUT2D eigenvalue weighted by atomic mass is 16.4. The number of allylic oxidation sites excluding steroid dienone is 2. The minimum atomic E-state index is -0.777. The smallest absolute Gasteiger partial charge is 0.310 e. The van der Waals surface area contributed by atoms with Crippen LogP contribution in [0.15, 0.2) is 18.2 Å². The van der Waals surface area contributed by atoms with E-state index in [0.717, 1.165) is 27.1 Å². The molecule has 0 radical (unpaired) electrons. The number of carboxylic acids is 1. The van der Waals surface area contributed by atoms with Crippen molar-refractivity contribution in [1.82, 2.24) is 0 Å². The van der Waals surface area contributed by atoms with Crippen molar-refractivity contribution in [3.8, 4) is 0 Å². The van der Waals surface area contributed by atoms with Crippen molar-refractivity contribution >= 4 is 30.3 Å². The Morgan fingerprint density at radius 3 is 2.76 bits per heavy atom. The molecule has 0 amide bonds. The molecule has 0 saturated carbocycles. The highest BCUT2D eigenvalue weighted by molar-refractivity contribution is 5.83. The molecule has 0 spiro atoms. The maximum atomic E-state index is 11.2. The van der Waals surface area contributed by atoms with Gasteiger partial charge in [-0.1, -0.05) is 36.5 Å². The third-order valence-electron chi connectivity index (χ3n) is 3.39. The zero-order valence-electron chi connectivity index (χ0n) is 9.47. The molecular weight excluding hydrogens is 212 g/mol. The summed E-state index contributed by atoms with van der Waals surface area (Å²) < 4.78 is 0. The minimum Gasteiger partial charge on any atom is -0.481 e. The van der Waals surface area contributed by atoms with Crippen LogP contribution >= 0.6 is 0 Å². The highest BCUT2D eigenvalue weighted by Gasteiger charge is 2.21. The van der Waals surface area contributed by atoms with E-state index in [0.29, 0.717) is 0 Å². The summed E-state index contributed by atoms with van der Waals surface area (Å²) in [7, 11) is 0. The summed E-state index contributed by atoms with van der Waals surface area (Å²) in [6, 6.07) is 2.11. The molecule has 0 aromatic heterocycles. The predicted molar refractivity (Wildman–Crippen MR) is 68.7 cm³/mol. The predicted octanol–water partition coefficient (Wildman–Crippen LogP) is 1.49. The molecule has 0 bridgehead atoms. The van der Waals surface area contributed by atoms with Crippen molar-refractivity contribution in [2.45, 2.75) is 12.8 Å². The fraction of sp³-hybridized carbons (Fsp3) is 0.133. The molecule has 2 heteroatoms. The first-order chi connectivity index (χ1) is 8.18. The van der Waals surface area contributed by atoms with Crippen LogP contribution in [0.3, 0.4) is 0 Å². The Kier molecular flexibility index (Phi) is 2.05. The van der Waals surface area contributed by atoms with Gasteiger partial charge in [0, 0.05) is 0 Å². The van der Waals surface area contributed by atoms with Gasteiger partial charge in [0.25, 0.3) is 0 Å². The van der Waals surface area contributed by atoms with E-state index in [-0.39, 0.29) is 0 Å². The van der Waals surface area contributed by atoms with Crippen LogP contribution in [-0.2, 0) is 4.79 Å². The van der Waals surface area contributed by atoms with Crippen LogP contribution in [0.1, 0.15) is 29.5 Å². The fourth-order valence-corrected chi connectivity index (χ4v) is 2.51. The Labute approximate surface area is 98.9 Å². The zero-order valence-corrected chi connectivity index (χ0v) is 9.47. The van der Waals surface area contributed by atoms with Gasteiger partial charge in [0.15, 0.2) is 0 Å². The van der Waals surface area contributed by atoms with Crippen molar-refractivity contribution in [2.24, 2.45) is 0 Å². The van der Waals surface area contributed by atoms with Gasteiger partial charge < -0.3 is 5.11 Å². The molecule has 1 atom stereocenters. The van der Waals surface area contributed by atoms with E-state index >= 15 is 0 Å². The Morgan fingerprint density at radius 1 is 1.24 bits per heavy atom. The van der Waals surface area contributed by atoms with Crippen LogP contribution in [0, 0.1) is 0 Å². The molecule has 1 N–H and O–H groups in total. The molecule has 1 aromatic carbocycles. The summed E-state index contributed by atoms with van der Waals surface area (Å²) in [5.74, 6) is -1.26. The van der Waals surface area contributed by atoms with Crippen LogP contribution in [-0.4, -0.2) is 11.1 Å². The lowest BCUT2D eigenvalue weighted by Crippen LogP contribution is -2.25. The normalized spacial score (nSPS) is 16.1. The zero-order chi connectivity index (χ0) is 12.0. The summed E-state index contributed by atoms with van der Waals surface area (Å²) in [5.41, 5.74) is 3.10. The van der Waals surface area contributed by atoms with E-state index in [9.17, 15) is 9.90 Å². The summed E-state index contributed by atoms with van der Waals surface area (Å²) >= 11 is 0. The van der Waals surface area contributed by atoms with Crippen molar-refractivity contribution in [1.29, 1.82) is 0 Å². The molecule has 1 unspecified atom stereocenters. The number of aliphatic carboxylic acids is 1. The first-order valence-corrected chi connectivity index (χ1v) is 5.65. The molecule has 84 valence electrons. The third kappa shape index (κ3) is 1.37. The minimum absolute atomic E-state index is 0.481. The Balaban J connectivity index is 2.39. The Morgan fingerprint density at radius 2 is 2.00 bits per heavy atom. The summed E-state index contributed by atoms with van der Waals surface area (Å²) in [5, 5.41) is 11.4. The second kappa shape index (κ2) is 3.45. The molecule has 2 aliphatic carbocycles. The van der Waals surface area contributed by atoms with Crippen LogP contribution < -0.4 is 10.4 Å². The Hall–Kier alpha value is -2.09. The van der Waals surface area contributed by atoms with Crippen LogP contribution in [0.2, 0.25) is 0 Å². The second-order valence-electron chi connectivity index (χ2n) is 4.41. The van der Waals surface area contributed by atoms with Crippen LogP contribution in [0.25, 0.3) is 24.3 Å². The number of hydrogen-bond donors (Lipinski definition) is 1. The van der Waals surface area contributed by atoms with Gasteiger partial charge in [-0.3, -0.25) is 4.79 Å². The number of benzene rings is 1. The number of carboxylic acid groups (broad SMARTS) is 1. The fourth-order valence-electron chi connectivity index (χ4n) is 2.51. The first kappa shape index (κ1) is 10.1. The van der Waals surface area contributed by atoms with E-state index in [1.54, 1.807) is 6.92 Å². The van der Waals surface area contributed by atoms with Gasteiger partial charge in [0.1, 0.15) is 0 Å². The van der Waals surface area contributed by atoms with Crippen molar-refractivity contribution in [3.63, 3.8) is 0 Å². The van der Waals surface area contributed by atoms with Gasteiger partial charge in [0.05, 0.1) is 5.92 Å². The topological polar surface area (TPSA) is 37.3 Å². The number of hydrogen-bond acceptors (Lipinski definition) is 1. The lowest BCUT2D eigenvalue weighted by molar-refractivity contribution is -0.138. The monoisotopic (exact) mass is 224 g/mol. The van der Waals surface area contributed by atoms with E-state index in [2.05, 4.69) is 6.07 Å². The van der Waals surface area contributed by atoms with Crippen LogP contribution in [0.5, 0.6) is 0 Å². The van der Waals surface area contributed by atoms with E-state index < -0.39 is 11.9 Å². The first-order valence-electron chi connectivity index (χ1n) is 5.65. The van der Waals surface area contributed by atoms with E-state index in [1.807, 2.05) is 36.5 Å². The summed E-state index contributed by atoms with van der Waals surface area (Å²) in [6.07, 6.45) is 12.0. The highest BCUT2D eigenvalue weighted by Crippen LogP contribution is 2.20. The number of fused-ring (bicyclic) bond motifs is 2. The molecule has 17 heavy (non-hydrogen) atoms. The quantitative estimate of drug-likeness (QED) is 0.826. The van der Waals surface area contributed by atoms with Crippen LogP contribution in [0.4, 0.5) is 0 Å². The molecule has 2 nitrogen and oxygen atoms in total. The van der Waals surface area contributed by atoms with Gasteiger partial charge >= 0.3 is 5.97 Å². The molecule has 0 fully saturated rings. The van der Waals surface area contributed by atoms with Gasteiger partial charge in [-0.25, -0.2) is 0 Å². The molecule has 0 saturated heterocycles. The Bertz CT molecular complexity index is 691. The largest absolute Gasteiger partial charge is 0.481 e. The standard InChI is InChI=1S/C15H12O2/c1-9(15(16)17)14-12-6-2-4-10(12)8-11-5-3-7-13(11)14/h2-9H,1H3,(H,16,17). The second-order valence-corrected chi connectivity index (χ2v) is 4.41. The molecule has 2 aliphatic rings. The summed E-state index contributed by atoms with van der Waals surface area (Å²) in [4.78, 5) is 11.2. The molecular formula is C15H12O2. The average molecular weight is 224 g/mol. The van der Waals surface area contributed by atoms with Gasteiger partial charge in [0.2, 0.25) is 0 Å². The maximum absolute atomic E-state index is 11.2. The molecule has 1 aromatic rings. The molecule has 3 rings (SSSR count). The lowest BCUT2D eigenvalue weighted by atomic mass is 9.91. The lowest BCUT2D eigenvalue weighted by Gasteiger charge is -2.12. The van der Waals surface area contributed by atoms with Crippen molar-refractivity contribution in [2.75, 3.05) is 0 Å². The number of carbonyl (C=O) groups is 1. The average Bonchev–Trinajstić information content (AvgIpc) is 2.91. The van der Waals surface area contributed by atoms with Gasteiger partial charge in [-0.05, 0) is 40.1 Å². The number of rotatable bonds is 2.